The number of carbonyl (C=O) groups is 2. The minimum Gasteiger partial charge on any atom is -0.466 e. The summed E-state index contributed by atoms with van der Waals surface area (Å²) in [4.78, 5) is 35.0. The van der Waals surface area contributed by atoms with E-state index in [1.165, 1.54) is 9.80 Å². The fourth-order valence-electron chi connectivity index (χ4n) is 3.58. The van der Waals surface area contributed by atoms with Gasteiger partial charge in [-0.2, -0.15) is 0 Å². The van der Waals surface area contributed by atoms with Gasteiger partial charge >= 0.3 is 12.0 Å². The van der Waals surface area contributed by atoms with Crippen molar-refractivity contribution in [3.63, 3.8) is 0 Å². The van der Waals surface area contributed by atoms with E-state index < -0.39 is 6.04 Å². The van der Waals surface area contributed by atoms with Crippen molar-refractivity contribution in [2.75, 3.05) is 26.7 Å². The van der Waals surface area contributed by atoms with Crippen LogP contribution in [0.4, 0.5) is 4.79 Å². The average molecular weight is 344 g/mol. The Hall–Kier alpha value is -2.64. The molecule has 8 heteroatoms. The van der Waals surface area contributed by atoms with E-state index in [2.05, 4.69) is 9.57 Å². The highest BCUT2D eigenvalue weighted by molar-refractivity contribution is 6.25. The number of amidine groups is 1. The van der Waals surface area contributed by atoms with Crippen LogP contribution in [-0.2, 0) is 11.3 Å². The zero-order valence-corrected chi connectivity index (χ0v) is 14.5. The molecule has 1 unspecified atom stereocenters. The third-order valence-corrected chi connectivity index (χ3v) is 4.94. The fourth-order valence-corrected chi connectivity index (χ4v) is 3.58. The second kappa shape index (κ2) is 6.02. The van der Waals surface area contributed by atoms with Crippen LogP contribution in [0.15, 0.2) is 27.8 Å². The molecule has 1 atom stereocenters. The SMILES string of the molecule is CCCCN1C(=O)C2C(=NC3=[N+](Cc4ccco4)CCN32)N(C)C1=O. The van der Waals surface area contributed by atoms with Gasteiger partial charge in [0.05, 0.1) is 19.4 Å². The number of rotatable bonds is 5. The average Bonchev–Trinajstić information content (AvgIpc) is 3.31. The predicted molar refractivity (Wildman–Crippen MR) is 90.3 cm³/mol. The van der Waals surface area contributed by atoms with Gasteiger partial charge < -0.3 is 4.42 Å². The molecule has 1 fully saturated rings. The van der Waals surface area contributed by atoms with Gasteiger partial charge in [0.15, 0.2) is 0 Å². The number of carbonyl (C=O) groups excluding carboxylic acids is 2. The quantitative estimate of drug-likeness (QED) is 0.745. The first kappa shape index (κ1) is 15.9. The molecule has 0 radical (unpaired) electrons. The maximum absolute atomic E-state index is 12.9. The van der Waals surface area contributed by atoms with Gasteiger partial charge in [-0.25, -0.2) is 9.69 Å². The van der Waals surface area contributed by atoms with Crippen molar-refractivity contribution < 1.29 is 18.6 Å². The third kappa shape index (κ3) is 2.43. The molecule has 0 N–H and O–H groups in total. The fraction of sp³-hybridized carbons (Fsp3) is 0.529. The largest absolute Gasteiger partial charge is 0.466 e. The highest BCUT2D eigenvalue weighted by atomic mass is 16.3. The Bertz CT molecular complexity index is 767. The summed E-state index contributed by atoms with van der Waals surface area (Å²) in [5.41, 5.74) is 0. The zero-order valence-electron chi connectivity index (χ0n) is 14.5. The van der Waals surface area contributed by atoms with Gasteiger partial charge in [-0.05, 0) is 18.6 Å². The lowest BCUT2D eigenvalue weighted by Crippen LogP contribution is -2.63. The minimum absolute atomic E-state index is 0.162. The number of guanidine groups is 1. The number of urea groups is 1. The van der Waals surface area contributed by atoms with E-state index >= 15 is 0 Å². The van der Waals surface area contributed by atoms with Crippen LogP contribution in [-0.4, -0.2) is 75.7 Å². The minimum atomic E-state index is -0.490. The smallest absolute Gasteiger partial charge is 0.393 e. The lowest BCUT2D eigenvalue weighted by molar-refractivity contribution is -0.537. The number of aliphatic imine (C=N–C) groups is 1. The second-order valence-corrected chi connectivity index (χ2v) is 6.55. The predicted octanol–water partition coefficient (Wildman–Crippen LogP) is 0.939. The number of hydrogen-bond acceptors (Lipinski definition) is 5. The van der Waals surface area contributed by atoms with Gasteiger partial charge in [0.2, 0.25) is 11.9 Å². The topological polar surface area (TPSA) is 72.4 Å². The molecular formula is C17H22N5O3+. The van der Waals surface area contributed by atoms with Crippen LogP contribution in [0.25, 0.3) is 0 Å². The summed E-state index contributed by atoms with van der Waals surface area (Å²) in [6.07, 6.45) is 3.39. The highest BCUT2D eigenvalue weighted by Crippen LogP contribution is 2.26. The molecule has 3 aliphatic rings. The summed E-state index contributed by atoms with van der Waals surface area (Å²) < 4.78 is 7.51. The Morgan fingerprint density at radius 3 is 2.96 bits per heavy atom. The lowest BCUT2D eigenvalue weighted by Gasteiger charge is -2.34. The van der Waals surface area contributed by atoms with Crippen molar-refractivity contribution in [1.29, 1.82) is 0 Å². The molecule has 0 spiro atoms. The molecule has 132 valence electrons. The lowest BCUT2D eigenvalue weighted by atomic mass is 10.1. The first-order valence-electron chi connectivity index (χ1n) is 8.70. The van der Waals surface area contributed by atoms with Crippen molar-refractivity contribution >= 4 is 23.7 Å². The van der Waals surface area contributed by atoms with Crippen molar-refractivity contribution in [2.24, 2.45) is 4.99 Å². The molecule has 0 aliphatic carbocycles. The van der Waals surface area contributed by atoms with E-state index in [1.54, 1.807) is 13.3 Å². The van der Waals surface area contributed by atoms with E-state index in [0.29, 0.717) is 25.5 Å². The number of imide groups is 1. The first-order valence-corrected chi connectivity index (χ1v) is 8.70. The van der Waals surface area contributed by atoms with Gasteiger partial charge in [0, 0.05) is 13.6 Å². The molecule has 1 saturated heterocycles. The molecule has 4 heterocycles. The van der Waals surface area contributed by atoms with Crippen molar-refractivity contribution in [1.82, 2.24) is 14.7 Å². The molecule has 0 saturated carbocycles. The van der Waals surface area contributed by atoms with Crippen molar-refractivity contribution in [2.45, 2.75) is 32.4 Å². The summed E-state index contributed by atoms with van der Waals surface area (Å²) in [7, 11) is 1.69. The summed E-state index contributed by atoms with van der Waals surface area (Å²) in [5, 5.41) is 0. The molecule has 4 rings (SSSR count). The summed E-state index contributed by atoms with van der Waals surface area (Å²) >= 11 is 0. The monoisotopic (exact) mass is 344 g/mol. The first-order chi connectivity index (χ1) is 12.1. The van der Waals surface area contributed by atoms with Gasteiger partial charge in [-0.1, -0.05) is 18.3 Å². The normalized spacial score (nSPS) is 22.7. The number of nitrogens with zero attached hydrogens (tertiary/aromatic N) is 5. The third-order valence-electron chi connectivity index (χ3n) is 4.94. The second-order valence-electron chi connectivity index (χ2n) is 6.55. The van der Waals surface area contributed by atoms with Crippen LogP contribution in [0.3, 0.4) is 0 Å². The number of unbranched alkanes of at least 4 members (excludes halogenated alkanes) is 1. The van der Waals surface area contributed by atoms with E-state index in [9.17, 15) is 9.59 Å². The van der Waals surface area contributed by atoms with Crippen molar-refractivity contribution in [3.8, 4) is 0 Å². The van der Waals surface area contributed by atoms with Crippen LogP contribution in [0.2, 0.25) is 0 Å². The van der Waals surface area contributed by atoms with Gasteiger partial charge in [-0.3, -0.25) is 19.2 Å². The van der Waals surface area contributed by atoms with Crippen LogP contribution < -0.4 is 0 Å². The molecule has 0 aromatic carbocycles. The van der Waals surface area contributed by atoms with Crippen LogP contribution in [0, 0.1) is 0 Å². The Balaban J connectivity index is 1.65. The molecule has 8 nitrogen and oxygen atoms in total. The number of hydrogen-bond donors (Lipinski definition) is 0. The molecular weight excluding hydrogens is 322 g/mol. The highest BCUT2D eigenvalue weighted by Gasteiger charge is 2.57. The maximum atomic E-state index is 12.9. The number of fused-ring (bicyclic) bond motifs is 3. The van der Waals surface area contributed by atoms with Crippen molar-refractivity contribution in [3.05, 3.63) is 24.2 Å². The molecule has 1 aromatic heterocycles. The molecule has 0 bridgehead atoms. The van der Waals surface area contributed by atoms with E-state index in [0.717, 1.165) is 31.1 Å². The van der Waals surface area contributed by atoms with Crippen LogP contribution >= 0.6 is 0 Å². The summed E-state index contributed by atoms with van der Waals surface area (Å²) in [6, 6.07) is 3.01. The van der Waals surface area contributed by atoms with Crippen LogP contribution in [0.5, 0.6) is 0 Å². The number of amides is 3. The number of furan rings is 1. The van der Waals surface area contributed by atoms with Crippen LogP contribution in [0.1, 0.15) is 25.5 Å². The Morgan fingerprint density at radius 2 is 2.24 bits per heavy atom. The van der Waals surface area contributed by atoms with Gasteiger partial charge in [0.25, 0.3) is 5.91 Å². The Kier molecular flexibility index (Phi) is 3.82. The molecule has 3 aliphatic heterocycles. The molecule has 3 amide bonds. The van der Waals surface area contributed by atoms with Gasteiger partial charge in [-0.15, -0.1) is 0 Å². The van der Waals surface area contributed by atoms with E-state index in [1.807, 2.05) is 24.0 Å². The summed E-state index contributed by atoms with van der Waals surface area (Å²) in [6.45, 7) is 4.60. The Morgan fingerprint density at radius 1 is 1.40 bits per heavy atom. The summed E-state index contributed by atoms with van der Waals surface area (Å²) in [5.74, 6) is 1.97. The standard InChI is InChI=1S/C17H22N5O3/c1-3-4-7-22-15(23)13-14(19(2)17(22)24)18-16-20(8-9-21(13)16)11-12-6-5-10-25-12/h5-6,10,13H,3-4,7-9,11H2,1-2H3/q+1. The van der Waals surface area contributed by atoms with E-state index in [4.69, 9.17) is 4.42 Å². The zero-order chi connectivity index (χ0) is 17.6. The maximum Gasteiger partial charge on any atom is 0.393 e. The van der Waals surface area contributed by atoms with Gasteiger partial charge in [0.1, 0.15) is 12.3 Å². The molecule has 25 heavy (non-hydrogen) atoms. The number of likely N-dealkylation sites (N-methyl/N-ethyl adjacent to an activating group) is 1. The van der Waals surface area contributed by atoms with E-state index in [-0.39, 0.29) is 11.9 Å². The molecule has 1 aromatic rings. The Labute approximate surface area is 146 Å².